The zero-order valence-corrected chi connectivity index (χ0v) is 9.37. The average Bonchev–Trinajstić information content (AvgIpc) is 2.18. The van der Waals surface area contributed by atoms with Crippen molar-refractivity contribution in [3.05, 3.63) is 29.3 Å². The summed E-state index contributed by atoms with van der Waals surface area (Å²) in [5.74, 6) is -0.750. The minimum Gasteiger partial charge on any atom is -0.481 e. The van der Waals surface area contributed by atoms with Crippen molar-refractivity contribution in [2.45, 2.75) is 12.8 Å². The number of hydrogen-bond acceptors (Lipinski definition) is 2. The number of anilines is 1. The van der Waals surface area contributed by atoms with Gasteiger partial charge in [-0.1, -0.05) is 11.6 Å². The molecule has 1 N–H and O–H groups in total. The van der Waals surface area contributed by atoms with Crippen molar-refractivity contribution < 1.29 is 9.90 Å². The summed E-state index contributed by atoms with van der Waals surface area (Å²) in [7, 11) is 1.94. The van der Waals surface area contributed by atoms with E-state index in [1.165, 1.54) is 0 Å². The van der Waals surface area contributed by atoms with E-state index in [0.717, 1.165) is 12.2 Å². The van der Waals surface area contributed by atoms with Gasteiger partial charge in [-0.2, -0.15) is 0 Å². The quantitative estimate of drug-likeness (QED) is 0.841. The molecule has 0 heterocycles. The number of carboxylic acid groups (broad SMARTS) is 1. The Kier molecular flexibility index (Phi) is 4.43. The molecule has 1 rings (SSSR count). The molecule has 0 radical (unpaired) electrons. The van der Waals surface area contributed by atoms with Gasteiger partial charge in [0.05, 0.1) is 0 Å². The molecule has 3 nitrogen and oxygen atoms in total. The molecule has 0 aliphatic rings. The van der Waals surface area contributed by atoms with E-state index in [-0.39, 0.29) is 6.42 Å². The lowest BCUT2D eigenvalue weighted by molar-refractivity contribution is -0.137. The summed E-state index contributed by atoms with van der Waals surface area (Å²) < 4.78 is 0. The molecule has 0 saturated carbocycles. The highest BCUT2D eigenvalue weighted by Crippen LogP contribution is 2.16. The molecule has 1 aromatic rings. The smallest absolute Gasteiger partial charge is 0.303 e. The van der Waals surface area contributed by atoms with Crippen molar-refractivity contribution in [1.82, 2.24) is 0 Å². The number of aliphatic carboxylic acids is 1. The summed E-state index contributed by atoms with van der Waals surface area (Å²) in [6, 6.07) is 7.49. The van der Waals surface area contributed by atoms with Crippen molar-refractivity contribution in [3.8, 4) is 0 Å². The first-order chi connectivity index (χ1) is 7.09. The van der Waals surface area contributed by atoms with E-state index in [1.807, 2.05) is 36.2 Å². The number of benzene rings is 1. The van der Waals surface area contributed by atoms with Gasteiger partial charge in [0.25, 0.3) is 0 Å². The van der Waals surface area contributed by atoms with Gasteiger partial charge < -0.3 is 10.0 Å². The van der Waals surface area contributed by atoms with Crippen LogP contribution in [0.5, 0.6) is 0 Å². The Bertz CT molecular complexity index is 324. The molecule has 0 aliphatic carbocycles. The summed E-state index contributed by atoms with van der Waals surface area (Å²) in [5.41, 5.74) is 1.05. The maximum atomic E-state index is 10.3. The number of nitrogens with zero attached hydrogens (tertiary/aromatic N) is 1. The van der Waals surface area contributed by atoms with Crippen LogP contribution in [0.3, 0.4) is 0 Å². The lowest BCUT2D eigenvalue weighted by Crippen LogP contribution is -2.19. The second kappa shape index (κ2) is 5.61. The van der Waals surface area contributed by atoms with Crippen molar-refractivity contribution in [2.75, 3.05) is 18.5 Å². The van der Waals surface area contributed by atoms with E-state index >= 15 is 0 Å². The second-order valence-corrected chi connectivity index (χ2v) is 3.83. The largest absolute Gasteiger partial charge is 0.481 e. The Balaban J connectivity index is 2.43. The third-order valence-corrected chi connectivity index (χ3v) is 2.40. The van der Waals surface area contributed by atoms with Gasteiger partial charge in [0.2, 0.25) is 0 Å². The second-order valence-electron chi connectivity index (χ2n) is 3.40. The first-order valence-electron chi connectivity index (χ1n) is 4.78. The highest BCUT2D eigenvalue weighted by molar-refractivity contribution is 6.30. The maximum absolute atomic E-state index is 10.3. The van der Waals surface area contributed by atoms with Crippen molar-refractivity contribution in [2.24, 2.45) is 0 Å². The zero-order valence-electron chi connectivity index (χ0n) is 8.61. The Labute approximate surface area is 94.3 Å². The van der Waals surface area contributed by atoms with Gasteiger partial charge in [0, 0.05) is 30.7 Å². The number of rotatable bonds is 5. The van der Waals surface area contributed by atoms with E-state index in [1.54, 1.807) is 0 Å². The van der Waals surface area contributed by atoms with Gasteiger partial charge in [0.15, 0.2) is 0 Å². The zero-order chi connectivity index (χ0) is 11.3. The van der Waals surface area contributed by atoms with Crippen LogP contribution in [0.1, 0.15) is 12.8 Å². The average molecular weight is 228 g/mol. The third-order valence-electron chi connectivity index (χ3n) is 2.15. The molecule has 4 heteroatoms. The van der Waals surface area contributed by atoms with Crippen molar-refractivity contribution in [3.63, 3.8) is 0 Å². The number of hydrogen-bond donors (Lipinski definition) is 1. The Morgan fingerprint density at radius 2 is 2.00 bits per heavy atom. The molecule has 0 spiro atoms. The van der Waals surface area contributed by atoms with Crippen LogP contribution < -0.4 is 4.90 Å². The van der Waals surface area contributed by atoms with Crippen LogP contribution >= 0.6 is 11.6 Å². The fraction of sp³-hybridized carbons (Fsp3) is 0.364. The molecule has 82 valence electrons. The molecule has 0 amide bonds. The van der Waals surface area contributed by atoms with E-state index in [2.05, 4.69) is 0 Å². The van der Waals surface area contributed by atoms with Gasteiger partial charge in [-0.3, -0.25) is 4.79 Å². The Morgan fingerprint density at radius 1 is 1.40 bits per heavy atom. The minimum atomic E-state index is -0.750. The molecule has 15 heavy (non-hydrogen) atoms. The summed E-state index contributed by atoms with van der Waals surface area (Å²) >= 11 is 5.77. The van der Waals surface area contributed by atoms with Gasteiger partial charge in [-0.15, -0.1) is 0 Å². The molecule has 0 fully saturated rings. The predicted octanol–water partition coefficient (Wildman–Crippen LogP) is 2.64. The monoisotopic (exact) mass is 227 g/mol. The van der Waals surface area contributed by atoms with Crippen LogP contribution in [0.15, 0.2) is 24.3 Å². The van der Waals surface area contributed by atoms with Gasteiger partial charge >= 0.3 is 5.97 Å². The fourth-order valence-electron chi connectivity index (χ4n) is 1.29. The highest BCUT2D eigenvalue weighted by atomic mass is 35.5. The lowest BCUT2D eigenvalue weighted by atomic mass is 10.2. The first-order valence-corrected chi connectivity index (χ1v) is 5.16. The van der Waals surface area contributed by atoms with Gasteiger partial charge in [0.1, 0.15) is 0 Å². The standard InChI is InChI=1S/C11H14ClNO2/c1-13(8-2-3-11(14)15)10-6-4-9(12)5-7-10/h4-7H,2-3,8H2,1H3,(H,14,15). The normalized spacial score (nSPS) is 10.0. The van der Waals surface area contributed by atoms with E-state index in [9.17, 15) is 4.79 Å². The van der Waals surface area contributed by atoms with Crippen LogP contribution in [0.4, 0.5) is 5.69 Å². The van der Waals surface area contributed by atoms with Gasteiger partial charge in [-0.05, 0) is 30.7 Å². The van der Waals surface area contributed by atoms with Gasteiger partial charge in [-0.25, -0.2) is 0 Å². The summed E-state index contributed by atoms with van der Waals surface area (Å²) in [5, 5.41) is 9.20. The van der Waals surface area contributed by atoms with Crippen LogP contribution in [-0.2, 0) is 4.79 Å². The highest BCUT2D eigenvalue weighted by Gasteiger charge is 2.02. The van der Waals surface area contributed by atoms with E-state index in [4.69, 9.17) is 16.7 Å². The van der Waals surface area contributed by atoms with Crippen LogP contribution in [0.2, 0.25) is 5.02 Å². The van der Waals surface area contributed by atoms with Crippen LogP contribution in [0.25, 0.3) is 0 Å². The molecule has 0 bridgehead atoms. The SMILES string of the molecule is CN(CCCC(=O)O)c1ccc(Cl)cc1. The molecule has 1 aromatic carbocycles. The lowest BCUT2D eigenvalue weighted by Gasteiger charge is -2.18. The maximum Gasteiger partial charge on any atom is 0.303 e. The molecule has 0 saturated heterocycles. The molecule has 0 unspecified atom stereocenters. The molecule has 0 aliphatic heterocycles. The molecule has 0 atom stereocenters. The summed E-state index contributed by atoms with van der Waals surface area (Å²) in [6.45, 7) is 0.730. The fourth-order valence-corrected chi connectivity index (χ4v) is 1.42. The first kappa shape index (κ1) is 11.9. The van der Waals surface area contributed by atoms with E-state index in [0.29, 0.717) is 11.4 Å². The number of halogens is 1. The summed E-state index contributed by atoms with van der Waals surface area (Å²) in [4.78, 5) is 12.3. The number of carboxylic acids is 1. The van der Waals surface area contributed by atoms with E-state index < -0.39 is 5.97 Å². The van der Waals surface area contributed by atoms with Crippen molar-refractivity contribution >= 4 is 23.3 Å². The minimum absolute atomic E-state index is 0.206. The third kappa shape index (κ3) is 4.21. The van der Waals surface area contributed by atoms with Crippen LogP contribution in [0, 0.1) is 0 Å². The Morgan fingerprint density at radius 3 is 2.53 bits per heavy atom. The topological polar surface area (TPSA) is 40.5 Å². The number of carbonyl (C=O) groups is 1. The predicted molar refractivity (Wildman–Crippen MR) is 61.6 cm³/mol. The molecular formula is C11H14ClNO2. The molecular weight excluding hydrogens is 214 g/mol. The van der Waals surface area contributed by atoms with Crippen LogP contribution in [-0.4, -0.2) is 24.7 Å². The van der Waals surface area contributed by atoms with Crippen molar-refractivity contribution in [1.29, 1.82) is 0 Å². The summed E-state index contributed by atoms with van der Waals surface area (Å²) in [6.07, 6.45) is 0.854. The molecule has 0 aromatic heterocycles. The Hall–Kier alpha value is -1.22.